The van der Waals surface area contributed by atoms with Crippen molar-refractivity contribution in [1.29, 1.82) is 0 Å². The van der Waals surface area contributed by atoms with Crippen LogP contribution in [0.4, 0.5) is 0 Å². The first-order chi connectivity index (χ1) is 8.58. The van der Waals surface area contributed by atoms with E-state index in [0.717, 1.165) is 6.42 Å². The van der Waals surface area contributed by atoms with Gasteiger partial charge in [-0.25, -0.2) is 0 Å². The highest BCUT2D eigenvalue weighted by Crippen LogP contribution is 2.22. The Morgan fingerprint density at radius 2 is 2.22 bits per heavy atom. The SMILES string of the molecule is CC1CCC(C(=O)O)CN1C(=O)Cn1cccn1. The minimum absolute atomic E-state index is 0.0721. The van der Waals surface area contributed by atoms with E-state index >= 15 is 0 Å². The smallest absolute Gasteiger partial charge is 0.308 e. The predicted octanol–water partition coefficient (Wildman–Crippen LogP) is 0.595. The molecular weight excluding hydrogens is 234 g/mol. The molecule has 1 saturated heterocycles. The number of nitrogens with zero attached hydrogens (tertiary/aromatic N) is 3. The molecule has 2 heterocycles. The molecule has 18 heavy (non-hydrogen) atoms. The molecule has 0 bridgehead atoms. The monoisotopic (exact) mass is 251 g/mol. The maximum absolute atomic E-state index is 12.1. The van der Waals surface area contributed by atoms with Crippen molar-refractivity contribution in [1.82, 2.24) is 14.7 Å². The van der Waals surface area contributed by atoms with Gasteiger partial charge in [-0.2, -0.15) is 5.10 Å². The number of carbonyl (C=O) groups is 2. The molecule has 0 saturated carbocycles. The Morgan fingerprint density at radius 1 is 1.44 bits per heavy atom. The largest absolute Gasteiger partial charge is 0.481 e. The van der Waals surface area contributed by atoms with Gasteiger partial charge in [0.25, 0.3) is 0 Å². The van der Waals surface area contributed by atoms with E-state index in [0.29, 0.717) is 13.0 Å². The number of carboxylic acids is 1. The van der Waals surface area contributed by atoms with E-state index in [2.05, 4.69) is 5.10 Å². The Bertz CT molecular complexity index is 430. The molecule has 1 amide bonds. The second-order valence-corrected chi connectivity index (χ2v) is 4.71. The maximum Gasteiger partial charge on any atom is 0.308 e. The average Bonchev–Trinajstić information content (AvgIpc) is 2.81. The molecule has 2 rings (SSSR count). The van der Waals surface area contributed by atoms with Gasteiger partial charge in [0.1, 0.15) is 6.54 Å². The predicted molar refractivity (Wildman–Crippen MR) is 63.8 cm³/mol. The van der Waals surface area contributed by atoms with Gasteiger partial charge >= 0.3 is 5.97 Å². The Labute approximate surface area is 105 Å². The lowest BCUT2D eigenvalue weighted by Crippen LogP contribution is -2.48. The second-order valence-electron chi connectivity index (χ2n) is 4.71. The van der Waals surface area contributed by atoms with Crippen molar-refractivity contribution >= 4 is 11.9 Å². The zero-order chi connectivity index (χ0) is 13.1. The zero-order valence-corrected chi connectivity index (χ0v) is 10.3. The van der Waals surface area contributed by atoms with Crippen LogP contribution in [0.15, 0.2) is 18.5 Å². The molecule has 0 radical (unpaired) electrons. The lowest BCUT2D eigenvalue weighted by Gasteiger charge is -2.36. The van der Waals surface area contributed by atoms with Gasteiger partial charge < -0.3 is 10.0 Å². The third-order valence-electron chi connectivity index (χ3n) is 3.41. The molecule has 1 aliphatic heterocycles. The Kier molecular flexibility index (Phi) is 3.64. The fourth-order valence-corrected chi connectivity index (χ4v) is 2.28. The molecule has 1 fully saturated rings. The van der Waals surface area contributed by atoms with Gasteiger partial charge in [0.15, 0.2) is 0 Å². The molecule has 6 nitrogen and oxygen atoms in total. The number of rotatable bonds is 3. The van der Waals surface area contributed by atoms with E-state index < -0.39 is 11.9 Å². The number of amides is 1. The fourth-order valence-electron chi connectivity index (χ4n) is 2.28. The van der Waals surface area contributed by atoms with Gasteiger partial charge in [-0.1, -0.05) is 0 Å². The van der Waals surface area contributed by atoms with E-state index in [1.807, 2.05) is 6.92 Å². The second kappa shape index (κ2) is 5.20. The van der Waals surface area contributed by atoms with Crippen molar-refractivity contribution in [2.75, 3.05) is 6.54 Å². The minimum atomic E-state index is -0.821. The van der Waals surface area contributed by atoms with Crippen LogP contribution in [0.2, 0.25) is 0 Å². The summed E-state index contributed by atoms with van der Waals surface area (Å²) in [6.45, 7) is 2.43. The van der Waals surface area contributed by atoms with Gasteiger partial charge in [0, 0.05) is 25.0 Å². The molecule has 0 aromatic carbocycles. The van der Waals surface area contributed by atoms with E-state index in [1.54, 1.807) is 28.0 Å². The molecule has 2 unspecified atom stereocenters. The average molecular weight is 251 g/mol. The summed E-state index contributed by atoms with van der Waals surface area (Å²) < 4.78 is 1.55. The molecule has 2 atom stereocenters. The van der Waals surface area contributed by atoms with Crippen LogP contribution in [-0.4, -0.2) is 44.3 Å². The van der Waals surface area contributed by atoms with Gasteiger partial charge in [-0.05, 0) is 25.8 Å². The molecule has 6 heteroatoms. The summed E-state index contributed by atoms with van der Waals surface area (Å²) >= 11 is 0. The van der Waals surface area contributed by atoms with Crippen LogP contribution >= 0.6 is 0 Å². The zero-order valence-electron chi connectivity index (χ0n) is 10.3. The van der Waals surface area contributed by atoms with Crippen molar-refractivity contribution < 1.29 is 14.7 Å². The number of carbonyl (C=O) groups excluding carboxylic acids is 1. The quantitative estimate of drug-likeness (QED) is 0.853. The fraction of sp³-hybridized carbons (Fsp3) is 0.583. The standard InChI is InChI=1S/C12H17N3O3/c1-9-3-4-10(12(17)18)7-15(9)11(16)8-14-6-2-5-13-14/h2,5-6,9-10H,3-4,7-8H2,1H3,(H,17,18). The van der Waals surface area contributed by atoms with Crippen molar-refractivity contribution in [2.45, 2.75) is 32.4 Å². The highest BCUT2D eigenvalue weighted by molar-refractivity contribution is 5.78. The third-order valence-corrected chi connectivity index (χ3v) is 3.41. The van der Waals surface area contributed by atoms with Crippen LogP contribution in [0.1, 0.15) is 19.8 Å². The van der Waals surface area contributed by atoms with E-state index in [9.17, 15) is 9.59 Å². The Balaban J connectivity index is 2.01. The number of carboxylic acid groups (broad SMARTS) is 1. The number of aromatic nitrogens is 2. The molecule has 0 aliphatic carbocycles. The summed E-state index contributed by atoms with van der Waals surface area (Å²) in [5.41, 5.74) is 0. The van der Waals surface area contributed by atoms with Gasteiger partial charge in [-0.15, -0.1) is 0 Å². The molecule has 1 aromatic rings. The van der Waals surface area contributed by atoms with Crippen LogP contribution in [0.3, 0.4) is 0 Å². The number of hydrogen-bond donors (Lipinski definition) is 1. The summed E-state index contributed by atoms with van der Waals surface area (Å²) in [5.74, 6) is -1.33. The molecule has 98 valence electrons. The van der Waals surface area contributed by atoms with Crippen molar-refractivity contribution in [2.24, 2.45) is 5.92 Å². The third kappa shape index (κ3) is 2.69. The van der Waals surface area contributed by atoms with Crippen LogP contribution in [0.5, 0.6) is 0 Å². The highest BCUT2D eigenvalue weighted by atomic mass is 16.4. The number of piperidine rings is 1. The summed E-state index contributed by atoms with van der Waals surface area (Å²) in [5, 5.41) is 13.0. The van der Waals surface area contributed by atoms with Crippen LogP contribution in [0.25, 0.3) is 0 Å². The van der Waals surface area contributed by atoms with Gasteiger partial charge in [0.2, 0.25) is 5.91 Å². The number of hydrogen-bond acceptors (Lipinski definition) is 3. The first-order valence-electron chi connectivity index (χ1n) is 6.07. The van der Waals surface area contributed by atoms with E-state index in [4.69, 9.17) is 5.11 Å². The number of aliphatic carboxylic acids is 1. The van der Waals surface area contributed by atoms with Crippen LogP contribution in [-0.2, 0) is 16.1 Å². The topological polar surface area (TPSA) is 75.4 Å². The lowest BCUT2D eigenvalue weighted by molar-refractivity contribution is -0.147. The highest BCUT2D eigenvalue weighted by Gasteiger charge is 2.32. The van der Waals surface area contributed by atoms with Gasteiger partial charge in [0.05, 0.1) is 5.92 Å². The molecular formula is C12H17N3O3. The Hall–Kier alpha value is -1.85. The minimum Gasteiger partial charge on any atom is -0.481 e. The summed E-state index contributed by atoms with van der Waals surface area (Å²) in [6, 6.07) is 1.86. The molecule has 1 aromatic heterocycles. The summed E-state index contributed by atoms with van der Waals surface area (Å²) in [4.78, 5) is 24.8. The lowest BCUT2D eigenvalue weighted by atomic mass is 9.93. The summed E-state index contributed by atoms with van der Waals surface area (Å²) in [7, 11) is 0. The first-order valence-corrected chi connectivity index (χ1v) is 6.07. The van der Waals surface area contributed by atoms with Crippen molar-refractivity contribution in [3.63, 3.8) is 0 Å². The molecule has 1 N–H and O–H groups in total. The van der Waals surface area contributed by atoms with Crippen molar-refractivity contribution in [3.05, 3.63) is 18.5 Å². The van der Waals surface area contributed by atoms with E-state index in [1.165, 1.54) is 0 Å². The van der Waals surface area contributed by atoms with E-state index in [-0.39, 0.29) is 18.5 Å². The van der Waals surface area contributed by atoms with Gasteiger partial charge in [-0.3, -0.25) is 14.3 Å². The summed E-state index contributed by atoms with van der Waals surface area (Å²) in [6.07, 6.45) is 4.72. The molecule has 0 spiro atoms. The van der Waals surface area contributed by atoms with Crippen LogP contribution in [0, 0.1) is 5.92 Å². The molecule has 1 aliphatic rings. The maximum atomic E-state index is 12.1. The first kappa shape index (κ1) is 12.6. The number of likely N-dealkylation sites (tertiary alicyclic amines) is 1. The normalized spacial score (nSPS) is 23.9. The van der Waals surface area contributed by atoms with Crippen LogP contribution < -0.4 is 0 Å². The van der Waals surface area contributed by atoms with Crippen molar-refractivity contribution in [3.8, 4) is 0 Å². The Morgan fingerprint density at radius 3 is 2.83 bits per heavy atom.